The van der Waals surface area contributed by atoms with Crippen LogP contribution in [0.25, 0.3) is 0 Å². The number of carbonyl (C=O) groups is 1. The Morgan fingerprint density at radius 2 is 1.79 bits per heavy atom. The summed E-state index contributed by atoms with van der Waals surface area (Å²) in [6.45, 7) is 4.89. The summed E-state index contributed by atoms with van der Waals surface area (Å²) in [7, 11) is -3.44. The van der Waals surface area contributed by atoms with E-state index in [0.29, 0.717) is 56.7 Å². The van der Waals surface area contributed by atoms with Crippen molar-refractivity contribution < 1.29 is 26.4 Å². The standard InChI is InChI=1S/C23H28F3N3O3S/c1-15(2)33(31,32)29-12-9-17-13-27-21(19(17)14-29)22(30)28-10-7-16(8-11-28)18-5-3-4-6-20(18)23(24,25)26/h3-6,15-16H,7-14H2,1-2H3. The Labute approximate surface area is 192 Å². The fourth-order valence-electron chi connectivity index (χ4n) is 4.83. The Morgan fingerprint density at radius 1 is 1.12 bits per heavy atom. The fourth-order valence-corrected chi connectivity index (χ4v) is 6.08. The summed E-state index contributed by atoms with van der Waals surface area (Å²) in [6.07, 6.45) is -2.98. The minimum atomic E-state index is -4.41. The van der Waals surface area contributed by atoms with Gasteiger partial charge in [0.2, 0.25) is 10.0 Å². The molecule has 0 unspecified atom stereocenters. The van der Waals surface area contributed by atoms with Gasteiger partial charge in [0.15, 0.2) is 0 Å². The van der Waals surface area contributed by atoms with Gasteiger partial charge < -0.3 is 4.90 Å². The second-order valence-electron chi connectivity index (χ2n) is 9.08. The molecular weight excluding hydrogens is 455 g/mol. The van der Waals surface area contributed by atoms with Gasteiger partial charge in [-0.05, 0) is 61.8 Å². The van der Waals surface area contributed by atoms with E-state index >= 15 is 0 Å². The molecule has 4 rings (SSSR count). The summed E-state index contributed by atoms with van der Waals surface area (Å²) in [4.78, 5) is 19.3. The molecule has 1 aromatic carbocycles. The second-order valence-corrected chi connectivity index (χ2v) is 11.6. The van der Waals surface area contributed by atoms with Crippen LogP contribution in [-0.2, 0) is 21.0 Å². The number of piperidine rings is 1. The maximum atomic E-state index is 13.4. The molecule has 0 N–H and O–H groups in total. The number of hydrogen-bond donors (Lipinski definition) is 0. The molecule has 1 amide bonds. The van der Waals surface area contributed by atoms with Crippen molar-refractivity contribution in [2.24, 2.45) is 4.99 Å². The number of halogens is 3. The van der Waals surface area contributed by atoms with Crippen LogP contribution in [0.3, 0.4) is 0 Å². The molecule has 0 atom stereocenters. The number of amides is 1. The largest absolute Gasteiger partial charge is 0.416 e. The first-order valence-corrected chi connectivity index (χ1v) is 12.7. The average molecular weight is 484 g/mol. The fraction of sp³-hybridized carbons (Fsp3) is 0.565. The number of rotatable bonds is 4. The molecule has 1 aromatic rings. The molecule has 3 aliphatic heterocycles. The van der Waals surface area contributed by atoms with Crippen LogP contribution < -0.4 is 0 Å². The lowest BCUT2D eigenvalue weighted by atomic mass is 9.86. The van der Waals surface area contributed by atoms with Gasteiger partial charge in [-0.15, -0.1) is 0 Å². The van der Waals surface area contributed by atoms with Gasteiger partial charge in [0.25, 0.3) is 5.91 Å². The van der Waals surface area contributed by atoms with Crippen molar-refractivity contribution in [3.63, 3.8) is 0 Å². The van der Waals surface area contributed by atoms with Crippen molar-refractivity contribution in [2.75, 3.05) is 32.7 Å². The highest BCUT2D eigenvalue weighted by Crippen LogP contribution is 2.39. The van der Waals surface area contributed by atoms with Crippen molar-refractivity contribution in [3.05, 3.63) is 46.5 Å². The van der Waals surface area contributed by atoms with Crippen LogP contribution in [0.2, 0.25) is 0 Å². The predicted molar refractivity (Wildman–Crippen MR) is 120 cm³/mol. The van der Waals surface area contributed by atoms with Gasteiger partial charge in [0, 0.05) is 26.2 Å². The van der Waals surface area contributed by atoms with E-state index in [-0.39, 0.29) is 23.9 Å². The molecule has 3 heterocycles. The van der Waals surface area contributed by atoms with Gasteiger partial charge in [-0.3, -0.25) is 9.79 Å². The molecule has 0 aliphatic carbocycles. The Hall–Kier alpha value is -2.20. The highest BCUT2D eigenvalue weighted by molar-refractivity contribution is 7.89. The van der Waals surface area contributed by atoms with Gasteiger partial charge in [-0.25, -0.2) is 8.42 Å². The van der Waals surface area contributed by atoms with Crippen molar-refractivity contribution in [2.45, 2.75) is 50.5 Å². The van der Waals surface area contributed by atoms with Gasteiger partial charge in [0.1, 0.15) is 5.71 Å². The van der Waals surface area contributed by atoms with Crippen LogP contribution >= 0.6 is 0 Å². The number of nitrogens with zero attached hydrogens (tertiary/aromatic N) is 3. The van der Waals surface area contributed by atoms with Crippen molar-refractivity contribution in [3.8, 4) is 0 Å². The van der Waals surface area contributed by atoms with Crippen molar-refractivity contribution >= 4 is 21.6 Å². The number of carbonyl (C=O) groups excluding carboxylic acids is 1. The first kappa shape index (κ1) is 23.9. The van der Waals surface area contributed by atoms with E-state index < -0.39 is 27.0 Å². The van der Waals surface area contributed by atoms with Gasteiger partial charge in [-0.2, -0.15) is 17.5 Å². The number of benzene rings is 1. The molecular formula is C23H28F3N3O3S. The normalized spacial score (nSPS) is 20.9. The zero-order valence-corrected chi connectivity index (χ0v) is 19.5. The molecule has 0 bridgehead atoms. The molecule has 0 saturated carbocycles. The van der Waals surface area contributed by atoms with Crippen LogP contribution in [0, 0.1) is 0 Å². The quantitative estimate of drug-likeness (QED) is 0.657. The zero-order chi connectivity index (χ0) is 24.0. The summed E-state index contributed by atoms with van der Waals surface area (Å²) in [5.74, 6) is -0.528. The maximum absolute atomic E-state index is 13.4. The third kappa shape index (κ3) is 4.59. The Bertz CT molecular complexity index is 1100. The summed E-state index contributed by atoms with van der Waals surface area (Å²) in [6, 6.07) is 5.63. The zero-order valence-electron chi connectivity index (χ0n) is 18.7. The number of alkyl halides is 3. The number of likely N-dealkylation sites (tertiary alicyclic amines) is 1. The first-order chi connectivity index (χ1) is 15.5. The summed E-state index contributed by atoms with van der Waals surface area (Å²) in [5.41, 5.74) is 1.67. The van der Waals surface area contributed by atoms with Crippen molar-refractivity contribution in [1.29, 1.82) is 0 Å². The van der Waals surface area contributed by atoms with Crippen LogP contribution in [0.15, 0.2) is 40.4 Å². The molecule has 3 aliphatic rings. The highest BCUT2D eigenvalue weighted by atomic mass is 32.2. The lowest BCUT2D eigenvalue weighted by Gasteiger charge is -2.34. The van der Waals surface area contributed by atoms with E-state index in [4.69, 9.17) is 0 Å². The van der Waals surface area contributed by atoms with Gasteiger partial charge in [-0.1, -0.05) is 18.2 Å². The van der Waals surface area contributed by atoms with Crippen LogP contribution in [0.4, 0.5) is 13.2 Å². The first-order valence-electron chi connectivity index (χ1n) is 11.2. The van der Waals surface area contributed by atoms with Crippen molar-refractivity contribution in [1.82, 2.24) is 9.21 Å². The predicted octanol–water partition coefficient (Wildman–Crippen LogP) is 3.61. The molecule has 1 saturated heterocycles. The van der Waals surface area contributed by atoms with Gasteiger partial charge in [0.05, 0.1) is 17.4 Å². The molecule has 0 radical (unpaired) electrons. The van der Waals surface area contributed by atoms with Crippen LogP contribution in [-0.4, -0.2) is 67.2 Å². The third-order valence-corrected chi connectivity index (χ3v) is 9.01. The van der Waals surface area contributed by atoms with Crippen LogP contribution in [0.1, 0.15) is 50.2 Å². The van der Waals surface area contributed by atoms with Gasteiger partial charge >= 0.3 is 6.18 Å². The summed E-state index contributed by atoms with van der Waals surface area (Å²) < 4.78 is 66.9. The summed E-state index contributed by atoms with van der Waals surface area (Å²) >= 11 is 0. The lowest BCUT2D eigenvalue weighted by Crippen LogP contribution is -2.45. The second kappa shape index (κ2) is 8.87. The topological polar surface area (TPSA) is 70.1 Å². The Morgan fingerprint density at radius 3 is 2.42 bits per heavy atom. The minimum absolute atomic E-state index is 0.149. The van der Waals surface area contributed by atoms with E-state index in [0.717, 1.165) is 11.6 Å². The highest BCUT2D eigenvalue weighted by Gasteiger charge is 2.39. The lowest BCUT2D eigenvalue weighted by molar-refractivity contribution is -0.138. The minimum Gasteiger partial charge on any atom is -0.337 e. The molecule has 180 valence electrons. The molecule has 10 heteroatoms. The van der Waals surface area contributed by atoms with E-state index in [1.807, 2.05) is 0 Å². The maximum Gasteiger partial charge on any atom is 0.416 e. The third-order valence-electron chi connectivity index (χ3n) is 6.78. The average Bonchev–Trinajstić information content (AvgIpc) is 3.21. The Kier molecular flexibility index (Phi) is 6.43. The smallest absolute Gasteiger partial charge is 0.337 e. The number of hydrogen-bond acceptors (Lipinski definition) is 4. The number of aliphatic imine (C=N–C) groups is 1. The molecule has 6 nitrogen and oxygen atoms in total. The van der Waals surface area contributed by atoms with E-state index in [9.17, 15) is 26.4 Å². The number of sulfonamides is 1. The molecule has 1 fully saturated rings. The monoisotopic (exact) mass is 483 g/mol. The molecule has 0 aromatic heterocycles. The molecule has 33 heavy (non-hydrogen) atoms. The van der Waals surface area contributed by atoms with Crippen LogP contribution in [0.5, 0.6) is 0 Å². The SMILES string of the molecule is CC(C)S(=O)(=O)N1CCC2=C(C1)C(C(=O)N1CCC(c3ccccc3C(F)(F)F)CC1)=NC2. The van der Waals surface area contributed by atoms with E-state index in [1.54, 1.807) is 24.8 Å². The Balaban J connectivity index is 1.45. The van der Waals surface area contributed by atoms with E-state index in [1.165, 1.54) is 16.4 Å². The van der Waals surface area contributed by atoms with E-state index in [2.05, 4.69) is 4.99 Å². The molecule has 0 spiro atoms. The summed E-state index contributed by atoms with van der Waals surface area (Å²) in [5, 5.41) is -0.546.